The van der Waals surface area contributed by atoms with E-state index in [1.807, 2.05) is 24.5 Å². The average Bonchev–Trinajstić information content (AvgIpc) is 2.51. The van der Waals surface area contributed by atoms with Crippen molar-refractivity contribution in [1.82, 2.24) is 9.97 Å². The minimum atomic E-state index is -2.29. The summed E-state index contributed by atoms with van der Waals surface area (Å²) in [6, 6.07) is 23.0. The molecule has 0 atom stereocenters. The fourth-order valence-corrected chi connectivity index (χ4v) is 9.97. The summed E-state index contributed by atoms with van der Waals surface area (Å²) in [4.78, 5) is 9.16. The summed E-state index contributed by atoms with van der Waals surface area (Å²) in [5.41, 5.74) is 0. The molecule has 2 heterocycles. The van der Waals surface area contributed by atoms with Crippen molar-refractivity contribution in [3.8, 4) is 0 Å². The van der Waals surface area contributed by atoms with Crippen molar-refractivity contribution < 1.29 is 0 Å². The van der Waals surface area contributed by atoms with Crippen molar-refractivity contribution >= 4 is 56.6 Å². The molecule has 2 nitrogen and oxygen atoms in total. The summed E-state index contributed by atoms with van der Waals surface area (Å²) >= 11 is -2.29. The maximum atomic E-state index is 4.58. The number of rotatable bonds is 3. The van der Waals surface area contributed by atoms with E-state index >= 15 is 0 Å². The summed E-state index contributed by atoms with van der Waals surface area (Å²) in [7, 11) is 0. The minimum absolute atomic E-state index is 0. The van der Waals surface area contributed by atoms with Crippen molar-refractivity contribution in [2.24, 2.45) is 0 Å². The fraction of sp³-hybridized carbons (Fsp3) is 0. The number of halogens is 2. The van der Waals surface area contributed by atoms with E-state index in [0.717, 1.165) is 0 Å². The molecule has 0 aliphatic rings. The molecular formula is C16H15BiCl2N2. The monoisotopic (exact) mass is 514 g/mol. The predicted octanol–water partition coefficient (Wildman–Crippen LogP) is 1.84. The first-order valence-electron chi connectivity index (χ1n) is 6.12. The van der Waals surface area contributed by atoms with Gasteiger partial charge in [0.25, 0.3) is 0 Å². The summed E-state index contributed by atoms with van der Waals surface area (Å²) in [6.45, 7) is 0. The summed E-state index contributed by atoms with van der Waals surface area (Å²) in [5.74, 6) is 0. The first-order chi connectivity index (χ1) is 9.45. The van der Waals surface area contributed by atoms with Gasteiger partial charge in [-0.15, -0.1) is 24.8 Å². The van der Waals surface area contributed by atoms with Crippen molar-refractivity contribution in [3.05, 3.63) is 79.1 Å². The van der Waals surface area contributed by atoms with E-state index in [4.69, 9.17) is 0 Å². The molecule has 0 aliphatic heterocycles. The normalized spacial score (nSPS) is 9.57. The first kappa shape index (κ1) is 18.0. The third-order valence-corrected chi connectivity index (χ3v) is 11.6. The van der Waals surface area contributed by atoms with Crippen LogP contribution in [0.1, 0.15) is 0 Å². The Morgan fingerprint density at radius 3 is 1.48 bits per heavy atom. The van der Waals surface area contributed by atoms with Crippen molar-refractivity contribution in [2.45, 2.75) is 0 Å². The number of pyridine rings is 2. The molecule has 0 unspecified atom stereocenters. The second-order valence-electron chi connectivity index (χ2n) is 4.05. The van der Waals surface area contributed by atoms with Gasteiger partial charge in [-0.3, -0.25) is 0 Å². The first-order valence-corrected chi connectivity index (χ1v) is 11.3. The van der Waals surface area contributed by atoms with Gasteiger partial charge in [0.2, 0.25) is 0 Å². The van der Waals surface area contributed by atoms with Crippen LogP contribution in [0.4, 0.5) is 0 Å². The predicted molar refractivity (Wildman–Crippen MR) is 94.1 cm³/mol. The molecule has 1 aromatic carbocycles. The van der Waals surface area contributed by atoms with Crippen LogP contribution in [0.25, 0.3) is 0 Å². The summed E-state index contributed by atoms with van der Waals surface area (Å²) in [5, 5.41) is 0. The molecule has 0 saturated carbocycles. The zero-order valence-electron chi connectivity index (χ0n) is 11.2. The topological polar surface area (TPSA) is 25.8 Å². The number of benzene rings is 1. The number of hydrogen-bond donors (Lipinski definition) is 0. The molecule has 5 heteroatoms. The van der Waals surface area contributed by atoms with Gasteiger partial charge in [-0.2, -0.15) is 0 Å². The Balaban J connectivity index is 0.00000110. The van der Waals surface area contributed by atoms with E-state index in [1.54, 1.807) is 0 Å². The molecule has 3 aromatic rings. The third kappa shape index (κ3) is 4.47. The SMILES string of the molecule is Cl.Cl.c1cc[c]([Bi]([c]2ccccn2)[c]2ccccn2)cc1. The van der Waals surface area contributed by atoms with Crippen molar-refractivity contribution in [1.29, 1.82) is 0 Å². The Labute approximate surface area is 145 Å². The molecule has 0 N–H and O–H groups in total. The van der Waals surface area contributed by atoms with Crippen LogP contribution >= 0.6 is 24.8 Å². The van der Waals surface area contributed by atoms with E-state index in [0.29, 0.717) is 0 Å². The quantitative estimate of drug-likeness (QED) is 0.498. The van der Waals surface area contributed by atoms with E-state index in [9.17, 15) is 0 Å². The van der Waals surface area contributed by atoms with Crippen LogP contribution in [-0.2, 0) is 0 Å². The molecule has 2 aromatic heterocycles. The Bertz CT molecular complexity index is 542. The molecular weight excluding hydrogens is 500 g/mol. The van der Waals surface area contributed by atoms with Gasteiger partial charge < -0.3 is 0 Å². The van der Waals surface area contributed by atoms with E-state index in [-0.39, 0.29) is 24.8 Å². The Morgan fingerprint density at radius 1 is 0.571 bits per heavy atom. The number of nitrogens with zero attached hydrogens (tertiary/aromatic N) is 2. The zero-order chi connectivity index (χ0) is 12.9. The second kappa shape index (κ2) is 9.09. The molecule has 0 bridgehead atoms. The van der Waals surface area contributed by atoms with Crippen LogP contribution in [0.2, 0.25) is 0 Å². The Hall–Kier alpha value is -1.02. The van der Waals surface area contributed by atoms with Crippen LogP contribution in [0, 0.1) is 0 Å². The molecule has 21 heavy (non-hydrogen) atoms. The maximum absolute atomic E-state index is 4.58. The van der Waals surface area contributed by atoms with Gasteiger partial charge >= 0.3 is 121 Å². The van der Waals surface area contributed by atoms with E-state index < -0.39 is 21.8 Å². The molecule has 0 amide bonds. The second-order valence-corrected chi connectivity index (χ2v) is 12.2. The summed E-state index contributed by atoms with van der Waals surface area (Å²) in [6.07, 6.45) is 3.76. The summed E-state index contributed by atoms with van der Waals surface area (Å²) < 4.78 is 3.86. The van der Waals surface area contributed by atoms with Gasteiger partial charge in [-0.1, -0.05) is 0 Å². The van der Waals surface area contributed by atoms with Gasteiger partial charge in [-0.05, 0) is 0 Å². The number of hydrogen-bond acceptors (Lipinski definition) is 2. The van der Waals surface area contributed by atoms with Crippen LogP contribution in [-0.4, -0.2) is 31.7 Å². The van der Waals surface area contributed by atoms with Crippen LogP contribution in [0.15, 0.2) is 79.1 Å². The standard InChI is InChI=1S/C6H5.2C5H4N.Bi.2ClH/c3*1-2-4-6-5-3-1;;;/h1-5H;2*1-4H;;2*1H. The van der Waals surface area contributed by atoms with Crippen molar-refractivity contribution in [3.63, 3.8) is 0 Å². The van der Waals surface area contributed by atoms with Crippen LogP contribution in [0.3, 0.4) is 0 Å². The molecule has 108 valence electrons. The molecule has 0 aliphatic carbocycles. The van der Waals surface area contributed by atoms with Gasteiger partial charge in [-0.25, -0.2) is 0 Å². The third-order valence-electron chi connectivity index (χ3n) is 2.77. The molecule has 0 fully saturated rings. The van der Waals surface area contributed by atoms with Gasteiger partial charge in [0, 0.05) is 0 Å². The van der Waals surface area contributed by atoms with Crippen LogP contribution < -0.4 is 10.1 Å². The molecule has 0 saturated heterocycles. The van der Waals surface area contributed by atoms with E-state index in [1.165, 1.54) is 10.1 Å². The molecule has 0 radical (unpaired) electrons. The molecule has 3 rings (SSSR count). The van der Waals surface area contributed by atoms with Gasteiger partial charge in [0.05, 0.1) is 0 Å². The Kier molecular flexibility index (Phi) is 7.81. The zero-order valence-corrected chi connectivity index (χ0v) is 16.3. The number of aromatic nitrogens is 2. The molecule has 0 spiro atoms. The van der Waals surface area contributed by atoms with Gasteiger partial charge in [0.15, 0.2) is 0 Å². The van der Waals surface area contributed by atoms with Gasteiger partial charge in [0.1, 0.15) is 0 Å². The average molecular weight is 515 g/mol. The van der Waals surface area contributed by atoms with E-state index in [2.05, 4.69) is 64.6 Å². The van der Waals surface area contributed by atoms with Crippen LogP contribution in [0.5, 0.6) is 0 Å². The Morgan fingerprint density at radius 2 is 1.05 bits per heavy atom. The fourth-order valence-electron chi connectivity index (χ4n) is 1.93. The van der Waals surface area contributed by atoms with Crippen molar-refractivity contribution in [2.75, 3.05) is 0 Å².